The number of hydrogen-bond acceptors (Lipinski definition) is 4. The van der Waals surface area contributed by atoms with Gasteiger partial charge in [-0.3, -0.25) is 4.90 Å². The van der Waals surface area contributed by atoms with Crippen molar-refractivity contribution in [2.45, 2.75) is 31.5 Å². The summed E-state index contributed by atoms with van der Waals surface area (Å²) in [6, 6.07) is 18.5. The highest BCUT2D eigenvalue weighted by atomic mass is 16.5. The van der Waals surface area contributed by atoms with Crippen LogP contribution in [-0.4, -0.2) is 42.5 Å². The van der Waals surface area contributed by atoms with Gasteiger partial charge in [0.2, 0.25) is 0 Å². The summed E-state index contributed by atoms with van der Waals surface area (Å²) >= 11 is 0. The van der Waals surface area contributed by atoms with E-state index in [0.717, 1.165) is 24.4 Å². The molecule has 1 N–H and O–H groups in total. The van der Waals surface area contributed by atoms with Crippen LogP contribution in [0.25, 0.3) is 0 Å². The Labute approximate surface area is 150 Å². The summed E-state index contributed by atoms with van der Waals surface area (Å²) in [7, 11) is 1.70. The van der Waals surface area contributed by atoms with Crippen LogP contribution < -0.4 is 4.74 Å². The van der Waals surface area contributed by atoms with Crippen molar-refractivity contribution in [2.24, 2.45) is 0 Å². The molecule has 0 bridgehead atoms. The largest absolute Gasteiger partial charge is 0.496 e. The number of ether oxygens (including phenoxy) is 2. The van der Waals surface area contributed by atoms with Gasteiger partial charge in [-0.1, -0.05) is 48.5 Å². The first-order valence-corrected chi connectivity index (χ1v) is 8.87. The Hall–Kier alpha value is -1.88. The van der Waals surface area contributed by atoms with Gasteiger partial charge >= 0.3 is 0 Å². The van der Waals surface area contributed by atoms with Crippen LogP contribution in [0, 0.1) is 0 Å². The fraction of sp³-hybridized carbons (Fsp3) is 0.429. The van der Waals surface area contributed by atoms with E-state index >= 15 is 0 Å². The lowest BCUT2D eigenvalue weighted by Gasteiger charge is -2.37. The average Bonchev–Trinajstić information content (AvgIpc) is 2.63. The van der Waals surface area contributed by atoms with Crippen molar-refractivity contribution < 1.29 is 14.6 Å². The van der Waals surface area contributed by atoms with Gasteiger partial charge in [-0.2, -0.15) is 0 Å². The molecular formula is C21H27NO3. The molecule has 0 unspecified atom stereocenters. The lowest BCUT2D eigenvalue weighted by Crippen LogP contribution is -2.46. The molecule has 1 aliphatic heterocycles. The molecule has 0 atom stereocenters. The summed E-state index contributed by atoms with van der Waals surface area (Å²) in [5.74, 6) is 0.888. The Morgan fingerprint density at radius 1 is 1.00 bits per heavy atom. The Morgan fingerprint density at radius 2 is 1.68 bits per heavy atom. The standard InChI is InChI=1S/C21H27NO3/c1-24-20-10-6-5-9-19(20)16-22(15-18-7-3-2-4-8-18)17-21(23)11-13-25-14-12-21/h2-10,23H,11-17H2,1H3. The Kier molecular flexibility index (Phi) is 6.08. The first-order valence-electron chi connectivity index (χ1n) is 8.87. The number of nitrogens with zero attached hydrogens (tertiary/aromatic N) is 1. The lowest BCUT2D eigenvalue weighted by atomic mass is 9.93. The highest BCUT2D eigenvalue weighted by molar-refractivity contribution is 5.33. The van der Waals surface area contributed by atoms with E-state index in [1.165, 1.54) is 5.56 Å². The number of rotatable bonds is 7. The number of hydrogen-bond donors (Lipinski definition) is 1. The fourth-order valence-electron chi connectivity index (χ4n) is 3.41. The highest BCUT2D eigenvalue weighted by Gasteiger charge is 2.32. The van der Waals surface area contributed by atoms with E-state index in [1.54, 1.807) is 7.11 Å². The maximum absolute atomic E-state index is 11.0. The van der Waals surface area contributed by atoms with Gasteiger partial charge in [0.15, 0.2) is 0 Å². The summed E-state index contributed by atoms with van der Waals surface area (Å²) in [4.78, 5) is 2.30. The van der Waals surface area contributed by atoms with Crippen molar-refractivity contribution in [1.82, 2.24) is 4.90 Å². The number of benzene rings is 2. The Bertz CT molecular complexity index is 653. The molecule has 3 rings (SSSR count). The van der Waals surface area contributed by atoms with Gasteiger partial charge in [-0.15, -0.1) is 0 Å². The zero-order chi connectivity index (χ0) is 17.5. The summed E-state index contributed by atoms with van der Waals surface area (Å²) in [6.07, 6.45) is 1.37. The van der Waals surface area contributed by atoms with Crippen LogP contribution in [0.5, 0.6) is 5.75 Å². The second kappa shape index (κ2) is 8.48. The first-order chi connectivity index (χ1) is 12.2. The molecular weight excluding hydrogens is 314 g/mol. The molecule has 4 heteroatoms. The van der Waals surface area contributed by atoms with Crippen molar-refractivity contribution in [1.29, 1.82) is 0 Å². The summed E-state index contributed by atoms with van der Waals surface area (Å²) in [5.41, 5.74) is 1.69. The van der Waals surface area contributed by atoms with E-state index in [9.17, 15) is 5.11 Å². The van der Waals surface area contributed by atoms with Crippen LogP contribution in [0.3, 0.4) is 0 Å². The molecule has 0 aromatic heterocycles. The molecule has 1 fully saturated rings. The molecule has 4 nitrogen and oxygen atoms in total. The van der Waals surface area contributed by atoms with Crippen molar-refractivity contribution in [3.05, 3.63) is 65.7 Å². The van der Waals surface area contributed by atoms with E-state index in [1.807, 2.05) is 24.3 Å². The lowest BCUT2D eigenvalue weighted by molar-refractivity contribution is -0.0821. The van der Waals surface area contributed by atoms with Crippen LogP contribution in [0.4, 0.5) is 0 Å². The SMILES string of the molecule is COc1ccccc1CN(Cc1ccccc1)CC1(O)CCOCC1. The first kappa shape index (κ1) is 17.9. The normalized spacial score (nSPS) is 16.8. The van der Waals surface area contributed by atoms with Crippen LogP contribution >= 0.6 is 0 Å². The van der Waals surface area contributed by atoms with Gasteiger partial charge in [0.1, 0.15) is 5.75 Å². The monoisotopic (exact) mass is 341 g/mol. The van der Waals surface area contributed by atoms with Gasteiger partial charge in [0, 0.05) is 51.3 Å². The van der Waals surface area contributed by atoms with E-state index in [2.05, 4.69) is 35.2 Å². The van der Waals surface area contributed by atoms with Crippen LogP contribution in [0.1, 0.15) is 24.0 Å². The molecule has 0 saturated carbocycles. The van der Waals surface area contributed by atoms with E-state index < -0.39 is 5.60 Å². The van der Waals surface area contributed by atoms with Crippen molar-refractivity contribution in [3.8, 4) is 5.75 Å². The smallest absolute Gasteiger partial charge is 0.123 e. The van der Waals surface area contributed by atoms with Crippen molar-refractivity contribution in [3.63, 3.8) is 0 Å². The second-order valence-electron chi connectivity index (χ2n) is 6.78. The van der Waals surface area contributed by atoms with Gasteiger partial charge in [-0.25, -0.2) is 0 Å². The Morgan fingerprint density at radius 3 is 2.40 bits per heavy atom. The molecule has 1 heterocycles. The van der Waals surface area contributed by atoms with E-state index in [-0.39, 0.29) is 0 Å². The van der Waals surface area contributed by atoms with Crippen molar-refractivity contribution in [2.75, 3.05) is 26.9 Å². The average molecular weight is 341 g/mol. The third-order valence-electron chi connectivity index (χ3n) is 4.78. The number of para-hydroxylation sites is 1. The zero-order valence-electron chi connectivity index (χ0n) is 14.9. The molecule has 25 heavy (non-hydrogen) atoms. The molecule has 2 aromatic carbocycles. The molecule has 134 valence electrons. The van der Waals surface area contributed by atoms with Gasteiger partial charge in [0.05, 0.1) is 12.7 Å². The van der Waals surface area contributed by atoms with Crippen LogP contribution in [0.2, 0.25) is 0 Å². The van der Waals surface area contributed by atoms with Gasteiger partial charge in [0.25, 0.3) is 0 Å². The van der Waals surface area contributed by atoms with Crippen LogP contribution in [0.15, 0.2) is 54.6 Å². The number of methoxy groups -OCH3 is 1. The third-order valence-corrected chi connectivity index (χ3v) is 4.78. The molecule has 0 spiro atoms. The van der Waals surface area contributed by atoms with Crippen LogP contribution in [-0.2, 0) is 17.8 Å². The molecule has 0 aliphatic carbocycles. The summed E-state index contributed by atoms with van der Waals surface area (Å²) in [6.45, 7) is 3.42. The van der Waals surface area contributed by atoms with E-state index in [0.29, 0.717) is 32.6 Å². The summed E-state index contributed by atoms with van der Waals surface area (Å²) in [5, 5.41) is 11.0. The minimum atomic E-state index is -0.685. The molecule has 1 aliphatic rings. The van der Waals surface area contributed by atoms with Gasteiger partial charge in [-0.05, 0) is 11.6 Å². The summed E-state index contributed by atoms with van der Waals surface area (Å²) < 4.78 is 10.9. The maximum atomic E-state index is 11.0. The molecule has 1 saturated heterocycles. The molecule has 0 amide bonds. The quantitative estimate of drug-likeness (QED) is 0.839. The highest BCUT2D eigenvalue weighted by Crippen LogP contribution is 2.26. The maximum Gasteiger partial charge on any atom is 0.123 e. The molecule has 2 aromatic rings. The number of aliphatic hydroxyl groups is 1. The predicted octanol–water partition coefficient (Wildman–Crippen LogP) is 3.24. The minimum absolute atomic E-state index is 0.628. The van der Waals surface area contributed by atoms with E-state index in [4.69, 9.17) is 9.47 Å². The predicted molar refractivity (Wildman–Crippen MR) is 98.6 cm³/mol. The zero-order valence-corrected chi connectivity index (χ0v) is 14.9. The minimum Gasteiger partial charge on any atom is -0.496 e. The molecule has 0 radical (unpaired) electrons. The van der Waals surface area contributed by atoms with Crippen molar-refractivity contribution >= 4 is 0 Å². The topological polar surface area (TPSA) is 41.9 Å². The fourth-order valence-corrected chi connectivity index (χ4v) is 3.41. The Balaban J connectivity index is 1.78. The second-order valence-corrected chi connectivity index (χ2v) is 6.78. The van der Waals surface area contributed by atoms with Gasteiger partial charge < -0.3 is 14.6 Å². The third kappa shape index (κ3) is 5.05.